The Bertz CT molecular complexity index is 480. The van der Waals surface area contributed by atoms with Crippen LogP contribution in [0.4, 0.5) is 4.39 Å². The third kappa shape index (κ3) is 1.45. The van der Waals surface area contributed by atoms with Gasteiger partial charge in [0.15, 0.2) is 11.6 Å². The third-order valence-corrected chi connectivity index (χ3v) is 1.66. The number of hydrogen-bond donors (Lipinski definition) is 0. The zero-order valence-electron chi connectivity index (χ0n) is 7.05. The molecule has 0 atom stereocenters. The molecule has 14 heavy (non-hydrogen) atoms. The molecule has 2 aromatic rings. The summed E-state index contributed by atoms with van der Waals surface area (Å²) in [5, 5.41) is 12.3. The van der Waals surface area contributed by atoms with E-state index in [1.54, 1.807) is 12.1 Å². The molecule has 0 bridgehead atoms. The van der Waals surface area contributed by atoms with Gasteiger partial charge in [-0.1, -0.05) is 0 Å². The summed E-state index contributed by atoms with van der Waals surface area (Å²) in [7, 11) is 0. The first-order valence-electron chi connectivity index (χ1n) is 3.86. The van der Waals surface area contributed by atoms with Crippen molar-refractivity contribution < 1.29 is 4.39 Å². The van der Waals surface area contributed by atoms with E-state index in [9.17, 15) is 4.39 Å². The van der Waals surface area contributed by atoms with Crippen molar-refractivity contribution in [2.45, 2.75) is 0 Å². The zero-order valence-corrected chi connectivity index (χ0v) is 7.05. The molecule has 0 unspecified atom stereocenters. The molecule has 4 nitrogen and oxygen atoms in total. The second-order valence-corrected chi connectivity index (χ2v) is 2.62. The molecule has 0 N–H and O–H groups in total. The number of hydrogen-bond acceptors (Lipinski definition) is 3. The van der Waals surface area contributed by atoms with Crippen molar-refractivity contribution in [2.75, 3.05) is 0 Å². The molecule has 0 aromatic carbocycles. The van der Waals surface area contributed by atoms with Crippen LogP contribution in [-0.4, -0.2) is 14.8 Å². The van der Waals surface area contributed by atoms with Crippen LogP contribution in [0.2, 0.25) is 0 Å². The molecule has 5 heteroatoms. The highest BCUT2D eigenvalue weighted by Gasteiger charge is 2.00. The van der Waals surface area contributed by atoms with Gasteiger partial charge < -0.3 is 0 Å². The lowest BCUT2D eigenvalue weighted by molar-refractivity contribution is 0.627. The van der Waals surface area contributed by atoms with Gasteiger partial charge in [-0.05, 0) is 12.1 Å². The number of aromatic nitrogens is 3. The highest BCUT2D eigenvalue weighted by molar-refractivity contribution is 5.31. The Balaban J connectivity index is 2.39. The third-order valence-electron chi connectivity index (χ3n) is 1.66. The second-order valence-electron chi connectivity index (χ2n) is 2.62. The average molecular weight is 188 g/mol. The Morgan fingerprint density at radius 3 is 2.71 bits per heavy atom. The molecule has 0 radical (unpaired) electrons. The highest BCUT2D eigenvalue weighted by Crippen LogP contribution is 2.05. The van der Waals surface area contributed by atoms with E-state index in [0.717, 1.165) is 6.20 Å². The van der Waals surface area contributed by atoms with Crippen LogP contribution in [0.25, 0.3) is 5.82 Å². The van der Waals surface area contributed by atoms with Crippen molar-refractivity contribution in [3.05, 3.63) is 42.1 Å². The molecule has 0 aliphatic carbocycles. The van der Waals surface area contributed by atoms with Crippen molar-refractivity contribution in [1.29, 1.82) is 5.26 Å². The molecule has 0 saturated carbocycles. The van der Waals surface area contributed by atoms with Crippen LogP contribution in [0.15, 0.2) is 30.7 Å². The molecular weight excluding hydrogens is 183 g/mol. The quantitative estimate of drug-likeness (QED) is 0.677. The molecule has 0 aliphatic heterocycles. The van der Waals surface area contributed by atoms with Crippen molar-refractivity contribution in [3.8, 4) is 11.9 Å². The Kier molecular flexibility index (Phi) is 1.95. The molecule has 2 heterocycles. The number of nitrogens with zero attached hydrogens (tertiary/aromatic N) is 4. The summed E-state index contributed by atoms with van der Waals surface area (Å²) >= 11 is 0. The van der Waals surface area contributed by atoms with Gasteiger partial charge in [0.05, 0.1) is 18.0 Å². The van der Waals surface area contributed by atoms with Crippen LogP contribution in [-0.2, 0) is 0 Å². The molecule has 0 amide bonds. The predicted molar refractivity (Wildman–Crippen MR) is 46.0 cm³/mol. The molecule has 0 aliphatic rings. The standard InChI is InChI=1S/C9H5FN4/c10-8-5-13-14(6-8)9-2-1-7(3-11)4-12-9/h1-2,4-6H. The van der Waals surface area contributed by atoms with Gasteiger partial charge in [-0.2, -0.15) is 10.4 Å². The van der Waals surface area contributed by atoms with Gasteiger partial charge in [-0.3, -0.25) is 0 Å². The largest absolute Gasteiger partial charge is 0.236 e. The number of nitriles is 1. The van der Waals surface area contributed by atoms with Crippen LogP contribution in [0.5, 0.6) is 0 Å². The van der Waals surface area contributed by atoms with Crippen LogP contribution in [0.3, 0.4) is 0 Å². The van der Waals surface area contributed by atoms with E-state index in [4.69, 9.17) is 5.26 Å². The summed E-state index contributed by atoms with van der Waals surface area (Å²) < 4.78 is 13.9. The minimum absolute atomic E-state index is 0.420. The fourth-order valence-corrected chi connectivity index (χ4v) is 1.01. The summed E-state index contributed by atoms with van der Waals surface area (Å²) in [6.45, 7) is 0. The summed E-state index contributed by atoms with van der Waals surface area (Å²) in [6, 6.07) is 5.15. The lowest BCUT2D eigenvalue weighted by Crippen LogP contribution is -1.97. The fraction of sp³-hybridized carbons (Fsp3) is 0. The maximum atomic E-state index is 12.6. The zero-order chi connectivity index (χ0) is 9.97. The van der Waals surface area contributed by atoms with Crippen LogP contribution in [0, 0.1) is 17.1 Å². The molecule has 0 spiro atoms. The molecule has 0 fully saturated rings. The molecular formula is C9H5FN4. The van der Waals surface area contributed by atoms with E-state index >= 15 is 0 Å². The van der Waals surface area contributed by atoms with Crippen molar-refractivity contribution in [1.82, 2.24) is 14.8 Å². The first kappa shape index (κ1) is 8.38. The van der Waals surface area contributed by atoms with E-state index in [0.29, 0.717) is 11.4 Å². The van der Waals surface area contributed by atoms with E-state index in [1.807, 2.05) is 6.07 Å². The second kappa shape index (κ2) is 3.26. The van der Waals surface area contributed by atoms with Gasteiger partial charge in [0.2, 0.25) is 0 Å². The van der Waals surface area contributed by atoms with Crippen molar-refractivity contribution in [3.63, 3.8) is 0 Å². The van der Waals surface area contributed by atoms with Gasteiger partial charge in [0.1, 0.15) is 6.07 Å². The van der Waals surface area contributed by atoms with Crippen molar-refractivity contribution >= 4 is 0 Å². The maximum Gasteiger partial charge on any atom is 0.161 e. The smallest absolute Gasteiger partial charge is 0.161 e. The van der Waals surface area contributed by atoms with Gasteiger partial charge in [0, 0.05) is 6.20 Å². The Hall–Kier alpha value is -2.22. The minimum atomic E-state index is -0.420. The molecule has 68 valence electrons. The number of rotatable bonds is 1. The van der Waals surface area contributed by atoms with Crippen LogP contribution in [0.1, 0.15) is 5.56 Å². The minimum Gasteiger partial charge on any atom is -0.236 e. The fourth-order valence-electron chi connectivity index (χ4n) is 1.01. The van der Waals surface area contributed by atoms with E-state index in [2.05, 4.69) is 10.1 Å². The molecule has 2 rings (SSSR count). The van der Waals surface area contributed by atoms with E-state index in [1.165, 1.54) is 17.1 Å². The van der Waals surface area contributed by atoms with Gasteiger partial charge in [-0.15, -0.1) is 0 Å². The SMILES string of the molecule is N#Cc1ccc(-n2cc(F)cn2)nc1. The monoisotopic (exact) mass is 188 g/mol. The van der Waals surface area contributed by atoms with Crippen molar-refractivity contribution in [2.24, 2.45) is 0 Å². The number of pyridine rings is 1. The van der Waals surface area contributed by atoms with Gasteiger partial charge >= 0.3 is 0 Å². The van der Waals surface area contributed by atoms with Gasteiger partial charge in [0.25, 0.3) is 0 Å². The summed E-state index contributed by atoms with van der Waals surface area (Å²) in [4.78, 5) is 3.94. The van der Waals surface area contributed by atoms with Gasteiger partial charge in [-0.25, -0.2) is 14.1 Å². The molecule has 0 saturated heterocycles. The summed E-state index contributed by atoms with van der Waals surface area (Å²) in [6.07, 6.45) is 3.73. The highest BCUT2D eigenvalue weighted by atomic mass is 19.1. The number of halogens is 1. The first-order chi connectivity index (χ1) is 6.79. The normalized spacial score (nSPS) is 9.71. The van der Waals surface area contributed by atoms with Crippen LogP contribution < -0.4 is 0 Å². The Labute approximate surface area is 79.2 Å². The first-order valence-corrected chi connectivity index (χ1v) is 3.86. The lowest BCUT2D eigenvalue weighted by Gasteiger charge is -1.97. The van der Waals surface area contributed by atoms with Crippen LogP contribution >= 0.6 is 0 Å². The van der Waals surface area contributed by atoms with E-state index in [-0.39, 0.29) is 0 Å². The lowest BCUT2D eigenvalue weighted by atomic mass is 10.3. The topological polar surface area (TPSA) is 54.5 Å². The Morgan fingerprint density at radius 2 is 2.21 bits per heavy atom. The predicted octanol–water partition coefficient (Wildman–Crippen LogP) is 1.28. The summed E-state index contributed by atoms with van der Waals surface area (Å²) in [5.41, 5.74) is 0.460. The maximum absolute atomic E-state index is 12.6. The molecule has 2 aromatic heterocycles. The van der Waals surface area contributed by atoms with E-state index < -0.39 is 5.82 Å². The average Bonchev–Trinajstić information content (AvgIpc) is 2.65. The Morgan fingerprint density at radius 1 is 1.36 bits per heavy atom. The summed E-state index contributed by atoms with van der Waals surface area (Å²) in [5.74, 6) is 0.0593.